The van der Waals surface area contributed by atoms with E-state index in [1.807, 2.05) is 20.8 Å². The second-order valence-electron chi connectivity index (χ2n) is 3.59. The molecule has 0 spiro atoms. The van der Waals surface area contributed by atoms with Crippen LogP contribution in [0.1, 0.15) is 38.6 Å². The predicted molar refractivity (Wildman–Crippen MR) is 59.1 cm³/mol. The molecule has 1 atom stereocenters. The van der Waals surface area contributed by atoms with Crippen LogP contribution in [0.5, 0.6) is 0 Å². The first-order chi connectivity index (χ1) is 7.07. The number of halogens is 1. The average Bonchev–Trinajstić information content (AvgIpc) is 2.56. The molecular weight excluding hydrogens is 216 g/mol. The molecule has 1 rings (SSSR count). The standard InChI is InChI=1S/C10H17ClN2O2/c1-4-15-6-9(14)10-8(11)5-12-13(10)7(2)3/h5,7,9,14H,4,6H2,1-3H3. The normalized spacial score (nSPS) is 13.5. The summed E-state index contributed by atoms with van der Waals surface area (Å²) in [5.74, 6) is 0. The van der Waals surface area contributed by atoms with Gasteiger partial charge in [0.05, 0.1) is 23.5 Å². The van der Waals surface area contributed by atoms with Gasteiger partial charge >= 0.3 is 0 Å². The summed E-state index contributed by atoms with van der Waals surface area (Å²) in [4.78, 5) is 0. The first-order valence-electron chi connectivity index (χ1n) is 5.06. The number of hydrogen-bond donors (Lipinski definition) is 1. The van der Waals surface area contributed by atoms with Crippen LogP contribution in [-0.2, 0) is 4.74 Å². The van der Waals surface area contributed by atoms with Crippen LogP contribution in [0.2, 0.25) is 5.02 Å². The Morgan fingerprint density at radius 1 is 1.60 bits per heavy atom. The number of hydrogen-bond acceptors (Lipinski definition) is 3. The minimum Gasteiger partial charge on any atom is -0.384 e. The van der Waals surface area contributed by atoms with E-state index < -0.39 is 6.10 Å². The molecule has 1 aromatic heterocycles. The summed E-state index contributed by atoms with van der Waals surface area (Å²) in [5, 5.41) is 14.5. The van der Waals surface area contributed by atoms with E-state index in [0.29, 0.717) is 17.3 Å². The fourth-order valence-corrected chi connectivity index (χ4v) is 1.64. The average molecular weight is 233 g/mol. The predicted octanol–water partition coefficient (Wildman–Crippen LogP) is 2.19. The van der Waals surface area contributed by atoms with Crippen LogP contribution in [0.25, 0.3) is 0 Å². The van der Waals surface area contributed by atoms with E-state index in [-0.39, 0.29) is 12.6 Å². The number of ether oxygens (including phenoxy) is 1. The van der Waals surface area contributed by atoms with E-state index in [1.54, 1.807) is 10.9 Å². The Morgan fingerprint density at radius 3 is 2.80 bits per heavy atom. The van der Waals surface area contributed by atoms with Gasteiger partial charge in [0.1, 0.15) is 6.10 Å². The molecule has 1 N–H and O–H groups in total. The minimum absolute atomic E-state index is 0.170. The zero-order valence-electron chi connectivity index (χ0n) is 9.27. The van der Waals surface area contributed by atoms with Crippen molar-refractivity contribution in [1.82, 2.24) is 9.78 Å². The molecule has 0 aliphatic rings. The Hall–Kier alpha value is -0.580. The molecular formula is C10H17ClN2O2. The third-order valence-electron chi connectivity index (χ3n) is 2.07. The van der Waals surface area contributed by atoms with Crippen molar-refractivity contribution in [2.75, 3.05) is 13.2 Å². The first-order valence-corrected chi connectivity index (χ1v) is 5.44. The molecule has 4 nitrogen and oxygen atoms in total. The summed E-state index contributed by atoms with van der Waals surface area (Å²) in [6.45, 7) is 6.67. The molecule has 1 aromatic rings. The Kier molecular flexibility index (Phi) is 4.57. The molecule has 0 aliphatic carbocycles. The van der Waals surface area contributed by atoms with Crippen molar-refractivity contribution in [3.8, 4) is 0 Å². The van der Waals surface area contributed by atoms with Gasteiger partial charge in [0.25, 0.3) is 0 Å². The Labute approximate surface area is 94.8 Å². The molecule has 0 saturated carbocycles. The smallest absolute Gasteiger partial charge is 0.120 e. The van der Waals surface area contributed by atoms with E-state index in [1.165, 1.54) is 0 Å². The molecule has 1 heterocycles. The second-order valence-corrected chi connectivity index (χ2v) is 4.00. The van der Waals surface area contributed by atoms with Crippen LogP contribution in [0.15, 0.2) is 6.20 Å². The fourth-order valence-electron chi connectivity index (χ4n) is 1.38. The van der Waals surface area contributed by atoms with Gasteiger partial charge in [0, 0.05) is 12.6 Å². The van der Waals surface area contributed by atoms with Gasteiger partial charge in [-0.25, -0.2) is 0 Å². The highest BCUT2D eigenvalue weighted by Gasteiger charge is 2.19. The van der Waals surface area contributed by atoms with Crippen LogP contribution < -0.4 is 0 Å². The zero-order chi connectivity index (χ0) is 11.4. The molecule has 0 bridgehead atoms. The highest BCUT2D eigenvalue weighted by atomic mass is 35.5. The van der Waals surface area contributed by atoms with Gasteiger partial charge in [-0.15, -0.1) is 0 Å². The molecule has 0 aromatic carbocycles. The SMILES string of the molecule is CCOCC(O)c1c(Cl)cnn1C(C)C. The highest BCUT2D eigenvalue weighted by Crippen LogP contribution is 2.25. The summed E-state index contributed by atoms with van der Waals surface area (Å²) in [7, 11) is 0. The molecule has 1 unspecified atom stereocenters. The highest BCUT2D eigenvalue weighted by molar-refractivity contribution is 6.31. The number of aliphatic hydroxyl groups is 1. The largest absolute Gasteiger partial charge is 0.384 e. The molecule has 0 aliphatic heterocycles. The van der Waals surface area contributed by atoms with E-state index in [4.69, 9.17) is 16.3 Å². The fraction of sp³-hybridized carbons (Fsp3) is 0.700. The maximum atomic E-state index is 9.88. The van der Waals surface area contributed by atoms with Gasteiger partial charge in [-0.05, 0) is 20.8 Å². The molecule has 86 valence electrons. The van der Waals surface area contributed by atoms with Crippen molar-refractivity contribution in [2.45, 2.75) is 32.9 Å². The molecule has 0 radical (unpaired) electrons. The quantitative estimate of drug-likeness (QED) is 0.847. The summed E-state index contributed by atoms with van der Waals surface area (Å²) in [5.41, 5.74) is 0.625. The molecule has 0 saturated heterocycles. The number of rotatable bonds is 5. The molecule has 15 heavy (non-hydrogen) atoms. The lowest BCUT2D eigenvalue weighted by Crippen LogP contribution is -2.15. The molecule has 5 heteroatoms. The van der Waals surface area contributed by atoms with Crippen molar-refractivity contribution >= 4 is 11.6 Å². The lowest BCUT2D eigenvalue weighted by Gasteiger charge is -2.16. The summed E-state index contributed by atoms with van der Waals surface area (Å²) in [6.07, 6.45) is 0.828. The third kappa shape index (κ3) is 2.93. The van der Waals surface area contributed by atoms with Gasteiger partial charge in [-0.3, -0.25) is 4.68 Å². The van der Waals surface area contributed by atoms with Crippen molar-refractivity contribution in [2.24, 2.45) is 0 Å². The van der Waals surface area contributed by atoms with Crippen molar-refractivity contribution in [1.29, 1.82) is 0 Å². The summed E-state index contributed by atoms with van der Waals surface area (Å²) in [6, 6.07) is 0.170. The monoisotopic (exact) mass is 232 g/mol. The Morgan fingerprint density at radius 2 is 2.27 bits per heavy atom. The minimum atomic E-state index is -0.720. The molecule has 0 amide bonds. The lowest BCUT2D eigenvalue weighted by atomic mass is 10.2. The van der Waals surface area contributed by atoms with Gasteiger partial charge in [-0.2, -0.15) is 5.10 Å². The van der Waals surface area contributed by atoms with Crippen molar-refractivity contribution in [3.63, 3.8) is 0 Å². The Bertz CT molecular complexity index is 312. The maximum absolute atomic E-state index is 9.88. The summed E-state index contributed by atoms with van der Waals surface area (Å²) >= 11 is 5.96. The van der Waals surface area contributed by atoms with Crippen molar-refractivity contribution < 1.29 is 9.84 Å². The van der Waals surface area contributed by atoms with Crippen LogP contribution >= 0.6 is 11.6 Å². The first kappa shape index (κ1) is 12.5. The summed E-state index contributed by atoms with van der Waals surface area (Å²) < 4.78 is 6.87. The van der Waals surface area contributed by atoms with Crippen LogP contribution in [0.4, 0.5) is 0 Å². The van der Waals surface area contributed by atoms with Gasteiger partial charge in [0.2, 0.25) is 0 Å². The third-order valence-corrected chi connectivity index (χ3v) is 2.36. The van der Waals surface area contributed by atoms with E-state index in [2.05, 4.69) is 5.10 Å². The number of nitrogens with zero attached hydrogens (tertiary/aromatic N) is 2. The number of aliphatic hydroxyl groups excluding tert-OH is 1. The van der Waals surface area contributed by atoms with Crippen LogP contribution in [0.3, 0.4) is 0 Å². The van der Waals surface area contributed by atoms with E-state index in [9.17, 15) is 5.11 Å². The topological polar surface area (TPSA) is 47.3 Å². The lowest BCUT2D eigenvalue weighted by molar-refractivity contribution is 0.0367. The van der Waals surface area contributed by atoms with Crippen molar-refractivity contribution in [3.05, 3.63) is 16.9 Å². The van der Waals surface area contributed by atoms with Gasteiger partial charge in [-0.1, -0.05) is 11.6 Å². The van der Waals surface area contributed by atoms with Gasteiger partial charge < -0.3 is 9.84 Å². The van der Waals surface area contributed by atoms with Gasteiger partial charge in [0.15, 0.2) is 0 Å². The van der Waals surface area contributed by atoms with Crippen LogP contribution in [0, 0.1) is 0 Å². The number of aromatic nitrogens is 2. The van der Waals surface area contributed by atoms with E-state index >= 15 is 0 Å². The maximum Gasteiger partial charge on any atom is 0.120 e. The second kappa shape index (κ2) is 5.49. The Balaban J connectivity index is 2.85. The zero-order valence-corrected chi connectivity index (χ0v) is 10.0. The van der Waals surface area contributed by atoms with Crippen LogP contribution in [-0.4, -0.2) is 28.1 Å². The molecule has 0 fully saturated rings. The van der Waals surface area contributed by atoms with E-state index in [0.717, 1.165) is 0 Å².